The number of nitrogens with zero attached hydrogens (tertiary/aromatic N) is 3. The minimum atomic E-state index is -1.05. The molecular formula is C21H35N3O3SSi. The van der Waals surface area contributed by atoms with Crippen LogP contribution in [0.2, 0.25) is 25.7 Å². The summed E-state index contributed by atoms with van der Waals surface area (Å²) < 4.78 is 14.4. The van der Waals surface area contributed by atoms with E-state index in [4.69, 9.17) is 9.47 Å². The average Bonchev–Trinajstić information content (AvgIpc) is 3.15. The normalized spacial score (nSPS) is 16.6. The lowest BCUT2D eigenvalue weighted by atomic mass is 9.95. The topological polar surface area (TPSA) is 56.6 Å². The molecule has 1 aliphatic heterocycles. The summed E-state index contributed by atoms with van der Waals surface area (Å²) in [5.74, 6) is 0.495. The SMILES string of the molecule is CC(C)(C)OC(=O)N1CCC(c2cc3nn(COCC[Si](C)(C)C)cc3s2)CC1. The van der Waals surface area contributed by atoms with Crippen LogP contribution in [-0.4, -0.2) is 54.1 Å². The van der Waals surface area contributed by atoms with Gasteiger partial charge in [0.25, 0.3) is 0 Å². The third-order valence-electron chi connectivity index (χ3n) is 5.03. The zero-order valence-electron chi connectivity index (χ0n) is 18.7. The number of ether oxygens (including phenoxy) is 2. The maximum atomic E-state index is 12.2. The fourth-order valence-corrected chi connectivity index (χ4v) is 5.33. The van der Waals surface area contributed by atoms with Crippen molar-refractivity contribution in [3.63, 3.8) is 0 Å². The monoisotopic (exact) mass is 437 g/mol. The molecule has 0 radical (unpaired) electrons. The van der Waals surface area contributed by atoms with Crippen LogP contribution in [-0.2, 0) is 16.2 Å². The molecule has 0 bridgehead atoms. The van der Waals surface area contributed by atoms with Crippen molar-refractivity contribution in [1.29, 1.82) is 0 Å². The molecule has 1 saturated heterocycles. The van der Waals surface area contributed by atoms with Crippen molar-refractivity contribution in [2.45, 2.75) is 77.5 Å². The molecule has 2 aromatic rings. The van der Waals surface area contributed by atoms with Gasteiger partial charge in [0.1, 0.15) is 17.8 Å². The van der Waals surface area contributed by atoms with Crippen LogP contribution in [0.3, 0.4) is 0 Å². The van der Waals surface area contributed by atoms with Crippen molar-refractivity contribution in [2.24, 2.45) is 0 Å². The first kappa shape index (κ1) is 22.3. The lowest BCUT2D eigenvalue weighted by Crippen LogP contribution is -2.41. The number of rotatable bonds is 6. The molecule has 0 aliphatic carbocycles. The summed E-state index contributed by atoms with van der Waals surface area (Å²) in [6.45, 7) is 15.6. The number of carbonyl (C=O) groups is 1. The fraction of sp³-hybridized carbons (Fsp3) is 0.714. The molecule has 3 heterocycles. The number of amides is 1. The molecule has 8 heteroatoms. The summed E-state index contributed by atoms with van der Waals surface area (Å²) in [6.07, 6.45) is 3.84. The van der Waals surface area contributed by atoms with Gasteiger partial charge in [0.15, 0.2) is 0 Å². The predicted molar refractivity (Wildman–Crippen MR) is 121 cm³/mol. The molecule has 1 fully saturated rings. The minimum Gasteiger partial charge on any atom is -0.444 e. The number of aromatic nitrogens is 2. The summed E-state index contributed by atoms with van der Waals surface area (Å²) in [5, 5.41) is 4.67. The lowest BCUT2D eigenvalue weighted by Gasteiger charge is -2.33. The van der Waals surface area contributed by atoms with Gasteiger partial charge in [-0.15, -0.1) is 11.3 Å². The molecule has 3 rings (SSSR count). The van der Waals surface area contributed by atoms with Crippen LogP contribution in [0.5, 0.6) is 0 Å². The Morgan fingerprint density at radius 2 is 1.97 bits per heavy atom. The van der Waals surface area contributed by atoms with Crippen LogP contribution in [0.25, 0.3) is 10.2 Å². The van der Waals surface area contributed by atoms with E-state index in [-0.39, 0.29) is 6.09 Å². The molecule has 29 heavy (non-hydrogen) atoms. The number of hydrogen-bond acceptors (Lipinski definition) is 5. The quantitative estimate of drug-likeness (QED) is 0.441. The number of fused-ring (bicyclic) bond motifs is 1. The molecule has 0 N–H and O–H groups in total. The molecule has 0 saturated carbocycles. The summed E-state index contributed by atoms with van der Waals surface area (Å²) in [4.78, 5) is 15.4. The van der Waals surface area contributed by atoms with Crippen molar-refractivity contribution < 1.29 is 14.3 Å². The predicted octanol–water partition coefficient (Wildman–Crippen LogP) is 5.52. The first-order valence-electron chi connectivity index (χ1n) is 10.5. The maximum absolute atomic E-state index is 12.2. The Balaban J connectivity index is 1.50. The summed E-state index contributed by atoms with van der Waals surface area (Å²) in [7, 11) is -1.05. The van der Waals surface area contributed by atoms with Crippen LogP contribution < -0.4 is 0 Å². The Kier molecular flexibility index (Phi) is 6.75. The van der Waals surface area contributed by atoms with Gasteiger partial charge in [-0.1, -0.05) is 19.6 Å². The van der Waals surface area contributed by atoms with E-state index in [1.54, 1.807) is 0 Å². The Morgan fingerprint density at radius 1 is 1.28 bits per heavy atom. The Labute approximate surface area is 179 Å². The van der Waals surface area contributed by atoms with Crippen molar-refractivity contribution >= 4 is 35.7 Å². The van der Waals surface area contributed by atoms with Gasteiger partial charge in [-0.3, -0.25) is 0 Å². The van der Waals surface area contributed by atoms with Crippen molar-refractivity contribution in [3.8, 4) is 0 Å². The van der Waals surface area contributed by atoms with E-state index in [2.05, 4.69) is 37.0 Å². The number of likely N-dealkylation sites (tertiary alicyclic amines) is 1. The fourth-order valence-electron chi connectivity index (χ4n) is 3.36. The second-order valence-electron chi connectivity index (χ2n) is 10.2. The molecule has 6 nitrogen and oxygen atoms in total. The zero-order valence-corrected chi connectivity index (χ0v) is 20.5. The van der Waals surface area contributed by atoms with Crippen molar-refractivity contribution in [1.82, 2.24) is 14.7 Å². The molecule has 1 amide bonds. The van der Waals surface area contributed by atoms with Gasteiger partial charge in [-0.2, -0.15) is 5.10 Å². The van der Waals surface area contributed by atoms with Crippen LogP contribution in [0.1, 0.15) is 44.4 Å². The second-order valence-corrected chi connectivity index (χ2v) is 16.9. The second kappa shape index (κ2) is 8.77. The number of carbonyl (C=O) groups excluding carboxylic acids is 1. The standard InChI is InChI=1S/C21H35N3O3SSi/c1-21(2,3)27-20(25)23-9-7-16(8-10-23)18-13-17-19(28-18)14-24(22-17)15-26-11-12-29(4,5)6/h13-14,16H,7-12,15H2,1-6H3. The van der Waals surface area contributed by atoms with Gasteiger partial charge in [0.2, 0.25) is 0 Å². The summed E-state index contributed by atoms with van der Waals surface area (Å²) >= 11 is 1.82. The average molecular weight is 438 g/mol. The summed E-state index contributed by atoms with van der Waals surface area (Å²) in [5.41, 5.74) is 0.609. The third kappa shape index (κ3) is 6.55. The molecule has 0 spiro atoms. The van der Waals surface area contributed by atoms with Gasteiger partial charge in [0, 0.05) is 38.8 Å². The first-order chi connectivity index (χ1) is 13.5. The highest BCUT2D eigenvalue weighted by atomic mass is 32.1. The van der Waals surface area contributed by atoms with Crippen LogP contribution >= 0.6 is 11.3 Å². The summed E-state index contributed by atoms with van der Waals surface area (Å²) in [6, 6.07) is 3.39. The van der Waals surface area contributed by atoms with Gasteiger partial charge in [-0.05, 0) is 51.6 Å². The maximum Gasteiger partial charge on any atom is 0.410 e. The van der Waals surface area contributed by atoms with Gasteiger partial charge < -0.3 is 14.4 Å². The van der Waals surface area contributed by atoms with E-state index in [1.165, 1.54) is 15.6 Å². The van der Waals surface area contributed by atoms with E-state index in [0.717, 1.165) is 38.1 Å². The van der Waals surface area contributed by atoms with Gasteiger partial charge in [0.05, 0.1) is 4.70 Å². The molecule has 2 aromatic heterocycles. The molecule has 0 aromatic carbocycles. The Bertz CT molecular complexity index is 795. The third-order valence-corrected chi connectivity index (χ3v) is 7.96. The zero-order chi connectivity index (χ0) is 21.2. The number of thiophene rings is 1. The van der Waals surface area contributed by atoms with Gasteiger partial charge >= 0.3 is 6.09 Å². The van der Waals surface area contributed by atoms with E-state index < -0.39 is 13.7 Å². The van der Waals surface area contributed by atoms with E-state index >= 15 is 0 Å². The smallest absolute Gasteiger partial charge is 0.410 e. The largest absolute Gasteiger partial charge is 0.444 e. The van der Waals surface area contributed by atoms with Crippen molar-refractivity contribution in [3.05, 3.63) is 17.1 Å². The highest BCUT2D eigenvalue weighted by molar-refractivity contribution is 7.19. The molecule has 0 unspecified atom stereocenters. The van der Waals surface area contributed by atoms with Crippen LogP contribution in [0.4, 0.5) is 4.79 Å². The molecule has 1 aliphatic rings. The number of hydrogen-bond donors (Lipinski definition) is 0. The van der Waals surface area contributed by atoms with Gasteiger partial charge in [-0.25, -0.2) is 9.48 Å². The Hall–Kier alpha value is -1.38. The van der Waals surface area contributed by atoms with E-state index in [0.29, 0.717) is 12.6 Å². The highest BCUT2D eigenvalue weighted by Crippen LogP contribution is 2.36. The number of piperidine rings is 1. The minimum absolute atomic E-state index is 0.197. The first-order valence-corrected chi connectivity index (χ1v) is 15.1. The van der Waals surface area contributed by atoms with E-state index in [1.807, 2.05) is 41.7 Å². The van der Waals surface area contributed by atoms with Crippen molar-refractivity contribution in [2.75, 3.05) is 19.7 Å². The lowest BCUT2D eigenvalue weighted by molar-refractivity contribution is 0.0205. The Morgan fingerprint density at radius 3 is 2.55 bits per heavy atom. The molecule has 162 valence electrons. The highest BCUT2D eigenvalue weighted by Gasteiger charge is 2.28. The molecule has 0 atom stereocenters. The molecular weight excluding hydrogens is 402 g/mol. The van der Waals surface area contributed by atoms with E-state index in [9.17, 15) is 4.79 Å². The van der Waals surface area contributed by atoms with Crippen LogP contribution in [0.15, 0.2) is 12.3 Å². The van der Waals surface area contributed by atoms with Crippen LogP contribution in [0, 0.1) is 0 Å².